The second kappa shape index (κ2) is 6.81. The molecule has 100 valence electrons. The van der Waals surface area contributed by atoms with E-state index in [0.29, 0.717) is 6.10 Å². The van der Waals surface area contributed by atoms with E-state index in [1.165, 1.54) is 25.1 Å². The Kier molecular flexibility index (Phi) is 5.08. The number of pyridine rings is 1. The molecule has 2 atom stereocenters. The van der Waals surface area contributed by atoms with Crippen molar-refractivity contribution in [1.82, 2.24) is 10.3 Å². The van der Waals surface area contributed by atoms with Crippen molar-refractivity contribution in [2.75, 3.05) is 13.2 Å². The minimum atomic E-state index is -0.288. The van der Waals surface area contributed by atoms with Gasteiger partial charge in [-0.05, 0) is 37.8 Å². The second-order valence-corrected chi connectivity index (χ2v) is 4.76. The standard InChI is InChI=1S/C14H21FN2O/c1-2-13(14-7-6-11(15)9-16-14)17-10-12-5-3-4-8-18-12/h6-7,9,12-13,17H,2-5,8,10H2,1H3. The highest BCUT2D eigenvalue weighted by molar-refractivity contribution is 5.09. The molecule has 1 fully saturated rings. The number of halogens is 1. The van der Waals surface area contributed by atoms with E-state index in [0.717, 1.165) is 31.7 Å². The molecule has 3 nitrogen and oxygen atoms in total. The van der Waals surface area contributed by atoms with Crippen LogP contribution < -0.4 is 5.32 Å². The lowest BCUT2D eigenvalue weighted by molar-refractivity contribution is 0.0152. The quantitative estimate of drug-likeness (QED) is 0.875. The summed E-state index contributed by atoms with van der Waals surface area (Å²) in [5.41, 5.74) is 0.898. The zero-order chi connectivity index (χ0) is 12.8. The maximum Gasteiger partial charge on any atom is 0.141 e. The minimum absolute atomic E-state index is 0.177. The Morgan fingerprint density at radius 3 is 3.00 bits per heavy atom. The summed E-state index contributed by atoms with van der Waals surface area (Å²) in [6.45, 7) is 3.82. The molecule has 1 aromatic heterocycles. The van der Waals surface area contributed by atoms with Crippen LogP contribution in [-0.4, -0.2) is 24.2 Å². The first-order chi connectivity index (χ1) is 8.79. The molecule has 0 spiro atoms. The fourth-order valence-corrected chi connectivity index (χ4v) is 2.29. The van der Waals surface area contributed by atoms with Gasteiger partial charge in [0.25, 0.3) is 0 Å². The third-order valence-electron chi connectivity index (χ3n) is 3.38. The molecular weight excluding hydrogens is 231 g/mol. The molecule has 0 radical (unpaired) electrons. The molecule has 2 rings (SSSR count). The van der Waals surface area contributed by atoms with Gasteiger partial charge in [-0.15, -0.1) is 0 Å². The highest BCUT2D eigenvalue weighted by Gasteiger charge is 2.16. The van der Waals surface area contributed by atoms with Crippen molar-refractivity contribution in [3.8, 4) is 0 Å². The monoisotopic (exact) mass is 252 g/mol. The van der Waals surface area contributed by atoms with E-state index in [1.807, 2.05) is 0 Å². The number of aromatic nitrogens is 1. The molecule has 2 heterocycles. The van der Waals surface area contributed by atoms with Gasteiger partial charge in [-0.2, -0.15) is 0 Å². The van der Waals surface area contributed by atoms with Crippen molar-refractivity contribution >= 4 is 0 Å². The Morgan fingerprint density at radius 1 is 1.50 bits per heavy atom. The Bertz CT molecular complexity index is 349. The van der Waals surface area contributed by atoms with Gasteiger partial charge in [0.2, 0.25) is 0 Å². The van der Waals surface area contributed by atoms with Gasteiger partial charge >= 0.3 is 0 Å². The van der Waals surface area contributed by atoms with Crippen LogP contribution >= 0.6 is 0 Å². The molecule has 2 unspecified atom stereocenters. The molecule has 0 aromatic carbocycles. The molecule has 0 aliphatic carbocycles. The molecule has 1 aromatic rings. The Balaban J connectivity index is 1.86. The van der Waals surface area contributed by atoms with Gasteiger partial charge in [0, 0.05) is 19.2 Å². The van der Waals surface area contributed by atoms with E-state index in [9.17, 15) is 4.39 Å². The van der Waals surface area contributed by atoms with Crippen LogP contribution in [0, 0.1) is 5.82 Å². The number of nitrogens with one attached hydrogen (secondary N) is 1. The van der Waals surface area contributed by atoms with Crippen LogP contribution in [0.2, 0.25) is 0 Å². The molecule has 4 heteroatoms. The van der Waals surface area contributed by atoms with Crippen molar-refractivity contribution in [3.63, 3.8) is 0 Å². The SMILES string of the molecule is CCC(NCC1CCCCO1)c1ccc(F)cn1. The molecular formula is C14H21FN2O. The first-order valence-corrected chi connectivity index (χ1v) is 6.76. The number of rotatable bonds is 5. The Hall–Kier alpha value is -1.00. The van der Waals surface area contributed by atoms with Crippen molar-refractivity contribution < 1.29 is 9.13 Å². The van der Waals surface area contributed by atoms with Gasteiger partial charge in [0.05, 0.1) is 18.0 Å². The van der Waals surface area contributed by atoms with Crippen LogP contribution in [0.1, 0.15) is 44.3 Å². The average Bonchev–Trinajstić information content (AvgIpc) is 2.42. The van der Waals surface area contributed by atoms with Crippen LogP contribution in [0.15, 0.2) is 18.3 Å². The van der Waals surface area contributed by atoms with E-state index in [-0.39, 0.29) is 11.9 Å². The summed E-state index contributed by atoms with van der Waals surface area (Å²) in [4.78, 5) is 4.13. The highest BCUT2D eigenvalue weighted by Crippen LogP contribution is 2.16. The van der Waals surface area contributed by atoms with E-state index in [2.05, 4.69) is 17.2 Å². The van der Waals surface area contributed by atoms with E-state index >= 15 is 0 Å². The zero-order valence-electron chi connectivity index (χ0n) is 10.9. The Morgan fingerprint density at radius 2 is 2.39 bits per heavy atom. The molecule has 0 bridgehead atoms. The lowest BCUT2D eigenvalue weighted by Crippen LogP contribution is -2.34. The third kappa shape index (κ3) is 3.75. The van der Waals surface area contributed by atoms with Crippen molar-refractivity contribution in [1.29, 1.82) is 0 Å². The number of nitrogens with zero attached hydrogens (tertiary/aromatic N) is 1. The minimum Gasteiger partial charge on any atom is -0.377 e. The molecule has 1 aliphatic heterocycles. The van der Waals surface area contributed by atoms with Gasteiger partial charge in [0.15, 0.2) is 0 Å². The van der Waals surface area contributed by atoms with Gasteiger partial charge in [0.1, 0.15) is 5.82 Å². The number of hydrogen-bond acceptors (Lipinski definition) is 3. The van der Waals surface area contributed by atoms with E-state index in [4.69, 9.17) is 4.74 Å². The lowest BCUT2D eigenvalue weighted by atomic mass is 10.1. The molecule has 1 N–H and O–H groups in total. The van der Waals surface area contributed by atoms with E-state index < -0.39 is 0 Å². The van der Waals surface area contributed by atoms with Crippen molar-refractivity contribution in [3.05, 3.63) is 29.8 Å². The van der Waals surface area contributed by atoms with Gasteiger partial charge in [-0.25, -0.2) is 4.39 Å². The fourth-order valence-electron chi connectivity index (χ4n) is 2.29. The van der Waals surface area contributed by atoms with Crippen LogP contribution in [0.25, 0.3) is 0 Å². The molecule has 0 amide bonds. The topological polar surface area (TPSA) is 34.1 Å². The van der Waals surface area contributed by atoms with Crippen LogP contribution in [0.5, 0.6) is 0 Å². The van der Waals surface area contributed by atoms with Gasteiger partial charge < -0.3 is 10.1 Å². The second-order valence-electron chi connectivity index (χ2n) is 4.76. The normalized spacial score (nSPS) is 21.8. The summed E-state index contributed by atoms with van der Waals surface area (Å²) in [5.74, 6) is -0.288. The lowest BCUT2D eigenvalue weighted by Gasteiger charge is -2.25. The number of hydrogen-bond donors (Lipinski definition) is 1. The van der Waals surface area contributed by atoms with Crippen LogP contribution in [0.4, 0.5) is 4.39 Å². The number of ether oxygens (including phenoxy) is 1. The van der Waals surface area contributed by atoms with Crippen LogP contribution in [-0.2, 0) is 4.74 Å². The fraction of sp³-hybridized carbons (Fsp3) is 0.643. The smallest absolute Gasteiger partial charge is 0.141 e. The maximum absolute atomic E-state index is 12.8. The van der Waals surface area contributed by atoms with Gasteiger partial charge in [-0.1, -0.05) is 6.92 Å². The summed E-state index contributed by atoms with van der Waals surface area (Å²) >= 11 is 0. The molecule has 18 heavy (non-hydrogen) atoms. The van der Waals surface area contributed by atoms with Gasteiger partial charge in [-0.3, -0.25) is 4.98 Å². The summed E-state index contributed by atoms with van der Waals surface area (Å²) in [7, 11) is 0. The summed E-state index contributed by atoms with van der Waals surface area (Å²) in [6, 6.07) is 3.39. The van der Waals surface area contributed by atoms with Crippen molar-refractivity contribution in [2.45, 2.75) is 44.8 Å². The van der Waals surface area contributed by atoms with Crippen molar-refractivity contribution in [2.24, 2.45) is 0 Å². The third-order valence-corrected chi connectivity index (χ3v) is 3.38. The predicted octanol–water partition coefficient (Wildman–Crippen LogP) is 2.83. The summed E-state index contributed by atoms with van der Waals surface area (Å²) in [5, 5.41) is 3.46. The predicted molar refractivity (Wildman–Crippen MR) is 68.8 cm³/mol. The largest absolute Gasteiger partial charge is 0.377 e. The van der Waals surface area contributed by atoms with E-state index in [1.54, 1.807) is 6.07 Å². The maximum atomic E-state index is 12.8. The van der Waals surface area contributed by atoms with Crippen LogP contribution in [0.3, 0.4) is 0 Å². The molecule has 0 saturated carbocycles. The first-order valence-electron chi connectivity index (χ1n) is 6.76. The molecule has 1 aliphatic rings. The average molecular weight is 252 g/mol. The first kappa shape index (κ1) is 13.4. The summed E-state index contributed by atoms with van der Waals surface area (Å²) in [6.07, 6.45) is 6.07. The summed E-state index contributed by atoms with van der Waals surface area (Å²) < 4.78 is 18.5. The highest BCUT2D eigenvalue weighted by atomic mass is 19.1. The molecule has 1 saturated heterocycles. The Labute approximate surface area is 108 Å². The zero-order valence-corrected chi connectivity index (χ0v) is 10.9.